The van der Waals surface area contributed by atoms with Crippen molar-refractivity contribution in [1.82, 2.24) is 4.90 Å². The van der Waals surface area contributed by atoms with Crippen molar-refractivity contribution in [3.8, 4) is 5.75 Å². The van der Waals surface area contributed by atoms with Crippen LogP contribution in [0.5, 0.6) is 5.75 Å². The molecular formula is C31H30N2O2S2. The Morgan fingerprint density at radius 2 is 1.46 bits per heavy atom. The lowest BCUT2D eigenvalue weighted by Gasteiger charge is -2.25. The minimum Gasteiger partial charge on any atom is -0.495 e. The third-order valence-corrected chi connectivity index (χ3v) is 7.40. The molecule has 0 aliphatic rings. The van der Waals surface area contributed by atoms with Crippen molar-refractivity contribution in [2.45, 2.75) is 31.3 Å². The molecule has 6 heteroatoms. The highest BCUT2D eigenvalue weighted by atomic mass is 32.2. The first-order valence-corrected chi connectivity index (χ1v) is 13.3. The molecule has 0 aromatic heterocycles. The van der Waals surface area contributed by atoms with E-state index in [-0.39, 0.29) is 12.3 Å². The number of ether oxygens (including phenoxy) is 1. The monoisotopic (exact) mass is 526 g/mol. The van der Waals surface area contributed by atoms with Crippen molar-refractivity contribution in [3.05, 3.63) is 125 Å². The van der Waals surface area contributed by atoms with E-state index < -0.39 is 0 Å². The Morgan fingerprint density at radius 3 is 2.08 bits per heavy atom. The molecule has 0 spiro atoms. The molecule has 1 N–H and O–H groups in total. The summed E-state index contributed by atoms with van der Waals surface area (Å²) in [6.45, 7) is 3.40. The molecule has 4 nitrogen and oxygen atoms in total. The number of thiocarbonyl (C=S) groups is 1. The van der Waals surface area contributed by atoms with Crippen LogP contribution in [0.2, 0.25) is 0 Å². The quantitative estimate of drug-likeness (QED) is 0.184. The van der Waals surface area contributed by atoms with E-state index in [4.69, 9.17) is 17.0 Å². The van der Waals surface area contributed by atoms with Crippen molar-refractivity contribution in [1.29, 1.82) is 0 Å². The number of hydrogen-bond donors (Lipinski definition) is 1. The van der Waals surface area contributed by atoms with E-state index in [1.54, 1.807) is 7.11 Å². The Balaban J connectivity index is 1.50. The fourth-order valence-corrected chi connectivity index (χ4v) is 5.25. The van der Waals surface area contributed by atoms with E-state index in [1.807, 2.05) is 85.8 Å². The molecule has 37 heavy (non-hydrogen) atoms. The highest BCUT2D eigenvalue weighted by Gasteiger charge is 2.17. The number of benzene rings is 4. The number of amides is 1. The van der Waals surface area contributed by atoms with Crippen molar-refractivity contribution < 1.29 is 9.53 Å². The van der Waals surface area contributed by atoms with Crippen LogP contribution in [0.25, 0.3) is 0 Å². The Labute approximate surface area is 228 Å². The van der Waals surface area contributed by atoms with E-state index in [0.717, 1.165) is 20.3 Å². The fraction of sp³-hybridized carbons (Fsp3) is 0.161. The molecular weight excluding hydrogens is 496 g/mol. The number of methoxy groups -OCH3 is 1. The van der Waals surface area contributed by atoms with Crippen molar-refractivity contribution in [2.75, 3.05) is 12.4 Å². The third-order valence-electron chi connectivity index (χ3n) is 5.84. The average molecular weight is 527 g/mol. The minimum absolute atomic E-state index is 0.103. The number of nitrogens with zero attached hydrogens (tertiary/aromatic N) is 1. The number of rotatable bonds is 9. The molecule has 1 amide bonds. The second kappa shape index (κ2) is 13.1. The Kier molecular flexibility index (Phi) is 9.35. The van der Waals surface area contributed by atoms with Gasteiger partial charge >= 0.3 is 0 Å². The molecule has 0 heterocycles. The molecule has 4 aromatic carbocycles. The van der Waals surface area contributed by atoms with Gasteiger partial charge in [-0.3, -0.25) is 4.79 Å². The van der Waals surface area contributed by atoms with E-state index >= 15 is 0 Å². The van der Waals surface area contributed by atoms with Gasteiger partial charge < -0.3 is 15.0 Å². The van der Waals surface area contributed by atoms with Crippen LogP contribution in [0.1, 0.15) is 22.3 Å². The first kappa shape index (κ1) is 26.5. The van der Waals surface area contributed by atoms with Gasteiger partial charge in [0, 0.05) is 18.0 Å². The highest BCUT2D eigenvalue weighted by molar-refractivity contribution is 8.23. The summed E-state index contributed by atoms with van der Waals surface area (Å²) < 4.78 is 6.18. The van der Waals surface area contributed by atoms with Gasteiger partial charge in [-0.1, -0.05) is 109 Å². The molecule has 4 aromatic rings. The molecule has 0 saturated carbocycles. The second-order valence-electron chi connectivity index (χ2n) is 8.73. The first-order valence-electron chi connectivity index (χ1n) is 12.1. The minimum atomic E-state index is -0.103. The standard InChI is InChI=1S/C31H30N2O2S2/c1-23-17-18-28(35-2)27(19-23)32-30(34)20-26-15-9-10-16-29(26)37-31(36)33(21-24-11-5-3-6-12-24)22-25-13-7-4-8-14-25/h3-19H,20-22H2,1-2H3,(H,32,34). The second-order valence-corrected chi connectivity index (χ2v) is 10.4. The number of hydrogen-bond acceptors (Lipinski definition) is 4. The average Bonchev–Trinajstić information content (AvgIpc) is 2.91. The van der Waals surface area contributed by atoms with Crippen molar-refractivity contribution >= 4 is 39.9 Å². The number of thioether (sulfide) groups is 1. The molecule has 0 atom stereocenters. The molecule has 0 fully saturated rings. The van der Waals surface area contributed by atoms with Gasteiger partial charge in [-0.05, 0) is 47.4 Å². The summed E-state index contributed by atoms with van der Waals surface area (Å²) in [6, 6.07) is 34.3. The van der Waals surface area contributed by atoms with Crippen LogP contribution in [-0.2, 0) is 24.3 Å². The number of nitrogens with one attached hydrogen (secondary N) is 1. The van der Waals surface area contributed by atoms with E-state index in [9.17, 15) is 4.79 Å². The van der Waals surface area contributed by atoms with Crippen molar-refractivity contribution in [2.24, 2.45) is 0 Å². The molecule has 4 rings (SSSR count). The van der Waals surface area contributed by atoms with Gasteiger partial charge in [0.1, 0.15) is 10.1 Å². The molecule has 188 valence electrons. The lowest BCUT2D eigenvalue weighted by atomic mass is 10.1. The van der Waals surface area contributed by atoms with Gasteiger partial charge in [0.05, 0.1) is 19.2 Å². The fourth-order valence-electron chi connectivity index (χ4n) is 3.99. The largest absolute Gasteiger partial charge is 0.495 e. The predicted molar refractivity (Wildman–Crippen MR) is 157 cm³/mol. The summed E-state index contributed by atoms with van der Waals surface area (Å²) in [5.41, 5.74) is 5.04. The smallest absolute Gasteiger partial charge is 0.228 e. The molecule has 0 saturated heterocycles. The van der Waals surface area contributed by atoms with Crippen LogP contribution in [0.15, 0.2) is 108 Å². The highest BCUT2D eigenvalue weighted by Crippen LogP contribution is 2.29. The summed E-state index contributed by atoms with van der Waals surface area (Å²) in [7, 11) is 1.60. The van der Waals surface area contributed by atoms with Crippen LogP contribution < -0.4 is 10.1 Å². The summed E-state index contributed by atoms with van der Waals surface area (Å²) in [6.07, 6.45) is 0.236. The summed E-state index contributed by atoms with van der Waals surface area (Å²) in [4.78, 5) is 16.2. The first-order chi connectivity index (χ1) is 18.0. The zero-order valence-electron chi connectivity index (χ0n) is 21.0. The van der Waals surface area contributed by atoms with Gasteiger partial charge in [-0.25, -0.2) is 0 Å². The number of anilines is 1. The number of aryl methyl sites for hydroxylation is 1. The summed E-state index contributed by atoms with van der Waals surface area (Å²) >= 11 is 7.48. The number of carbonyl (C=O) groups excluding carboxylic acids is 1. The van der Waals surface area contributed by atoms with E-state index in [1.165, 1.54) is 22.9 Å². The lowest BCUT2D eigenvalue weighted by molar-refractivity contribution is -0.115. The third kappa shape index (κ3) is 7.68. The van der Waals surface area contributed by atoms with Gasteiger partial charge in [-0.15, -0.1) is 0 Å². The maximum Gasteiger partial charge on any atom is 0.228 e. The molecule has 0 aliphatic heterocycles. The number of carbonyl (C=O) groups is 1. The maximum atomic E-state index is 13.0. The van der Waals surface area contributed by atoms with Gasteiger partial charge in [0.15, 0.2) is 0 Å². The topological polar surface area (TPSA) is 41.6 Å². The summed E-state index contributed by atoms with van der Waals surface area (Å²) in [5.74, 6) is 0.536. The zero-order chi connectivity index (χ0) is 26.0. The van der Waals surface area contributed by atoms with E-state index in [2.05, 4.69) is 34.5 Å². The van der Waals surface area contributed by atoms with Crippen LogP contribution >= 0.6 is 24.0 Å². The van der Waals surface area contributed by atoms with Gasteiger partial charge in [0.2, 0.25) is 5.91 Å². The molecule has 0 radical (unpaired) electrons. The Bertz CT molecular complexity index is 1300. The molecule has 0 aliphatic carbocycles. The molecule has 0 bridgehead atoms. The lowest BCUT2D eigenvalue weighted by Crippen LogP contribution is -2.26. The summed E-state index contributed by atoms with van der Waals surface area (Å²) in [5, 5.41) is 3.00. The van der Waals surface area contributed by atoms with Crippen molar-refractivity contribution in [3.63, 3.8) is 0 Å². The Hall–Kier alpha value is -3.61. The van der Waals surface area contributed by atoms with Gasteiger partial charge in [0.25, 0.3) is 0 Å². The van der Waals surface area contributed by atoms with E-state index in [0.29, 0.717) is 24.5 Å². The normalized spacial score (nSPS) is 10.5. The van der Waals surface area contributed by atoms with Crippen LogP contribution in [0.4, 0.5) is 5.69 Å². The molecule has 0 unspecified atom stereocenters. The zero-order valence-corrected chi connectivity index (χ0v) is 22.6. The van der Waals surface area contributed by atoms with Crippen LogP contribution in [0.3, 0.4) is 0 Å². The van der Waals surface area contributed by atoms with Gasteiger partial charge in [-0.2, -0.15) is 0 Å². The SMILES string of the molecule is COc1ccc(C)cc1NC(=O)Cc1ccccc1SC(=S)N(Cc1ccccc1)Cc1ccccc1. The van der Waals surface area contributed by atoms with Crippen LogP contribution in [-0.4, -0.2) is 22.2 Å². The Morgan fingerprint density at radius 1 is 0.865 bits per heavy atom. The maximum absolute atomic E-state index is 13.0. The predicted octanol–water partition coefficient (Wildman–Crippen LogP) is 7.26. The van der Waals surface area contributed by atoms with Crippen LogP contribution in [0, 0.1) is 6.92 Å².